The number of sulfonamides is 1. The highest BCUT2D eigenvalue weighted by atomic mass is 35.5. The second-order valence-corrected chi connectivity index (χ2v) is 12.8. The van der Waals surface area contributed by atoms with Crippen LogP contribution in [0.25, 0.3) is 0 Å². The Labute approximate surface area is 239 Å². The van der Waals surface area contributed by atoms with Crippen LogP contribution in [-0.2, 0) is 26.1 Å². The molecule has 41 heavy (non-hydrogen) atoms. The first-order valence-corrected chi connectivity index (χ1v) is 14.3. The fourth-order valence-corrected chi connectivity index (χ4v) is 6.19. The van der Waals surface area contributed by atoms with Crippen LogP contribution in [0.5, 0.6) is 5.75 Å². The van der Waals surface area contributed by atoms with Gasteiger partial charge in [0.15, 0.2) is 11.9 Å². The molecular weight excluding hydrogens is 593 g/mol. The van der Waals surface area contributed by atoms with E-state index in [-0.39, 0.29) is 40.4 Å². The number of ether oxygens (including phenoxy) is 2. The second-order valence-electron chi connectivity index (χ2n) is 10.6. The fourth-order valence-electron chi connectivity index (χ4n) is 4.24. The van der Waals surface area contributed by atoms with Crippen LogP contribution in [0.15, 0.2) is 34.3 Å². The summed E-state index contributed by atoms with van der Waals surface area (Å²) < 4.78 is 80.6. The van der Waals surface area contributed by atoms with Gasteiger partial charge in [-0.05, 0) is 45.4 Å². The third kappa shape index (κ3) is 6.33. The molecule has 1 aromatic heterocycles. The minimum absolute atomic E-state index is 0.0219. The van der Waals surface area contributed by atoms with E-state index in [1.807, 2.05) is 13.8 Å². The van der Waals surface area contributed by atoms with Crippen molar-refractivity contribution in [2.75, 3.05) is 22.9 Å². The number of nitrogens with one attached hydrogen (secondary N) is 2. The molecule has 2 aliphatic rings. The van der Waals surface area contributed by atoms with Gasteiger partial charge in [-0.3, -0.25) is 24.6 Å². The molecule has 0 bridgehead atoms. The van der Waals surface area contributed by atoms with E-state index in [0.717, 1.165) is 4.31 Å². The molecule has 1 aromatic carbocycles. The van der Waals surface area contributed by atoms with Crippen LogP contribution in [0.2, 0.25) is 5.15 Å². The zero-order valence-electron chi connectivity index (χ0n) is 22.9. The number of hydrogen-bond acceptors (Lipinski definition) is 9. The number of amidine groups is 1. The third-order valence-electron chi connectivity index (χ3n) is 6.58. The molecule has 0 saturated heterocycles. The van der Waals surface area contributed by atoms with Gasteiger partial charge in [-0.15, -0.1) is 0 Å². The lowest BCUT2D eigenvalue weighted by atomic mass is 9.85. The van der Waals surface area contributed by atoms with Crippen LogP contribution >= 0.6 is 11.6 Å². The number of benzene rings is 1. The predicted octanol–water partition coefficient (Wildman–Crippen LogP) is 4.71. The molecule has 0 aliphatic carbocycles. The van der Waals surface area contributed by atoms with Crippen LogP contribution in [0.4, 0.5) is 29.3 Å². The number of aliphatic imine (C=N–C) groups is 1. The van der Waals surface area contributed by atoms with Crippen molar-refractivity contribution in [3.63, 3.8) is 0 Å². The second kappa shape index (κ2) is 10.9. The standard InChI is InChI=1S/C24H30ClF3N6O6S/c1-6-33-12-18(19(25)31-33)41(36,37)34-11-15(10-22(2,3)20-29-13-38-32-20)39-17-8-7-14(9-16(17)34)30-21(35)40-23(4,5)24(26,27)28/h7-9,12,15H,6,10-11,13H2,1-5H3,(H,29,32)(H,30,35). The summed E-state index contributed by atoms with van der Waals surface area (Å²) >= 11 is 6.21. The molecular formula is C24H30ClF3N6O6S. The van der Waals surface area contributed by atoms with E-state index >= 15 is 0 Å². The Bertz CT molecular complexity index is 1460. The molecule has 1 atom stereocenters. The largest absolute Gasteiger partial charge is 0.486 e. The van der Waals surface area contributed by atoms with Crippen molar-refractivity contribution < 1.29 is 40.7 Å². The minimum Gasteiger partial charge on any atom is -0.486 e. The topological polar surface area (TPSA) is 136 Å². The third-order valence-corrected chi connectivity index (χ3v) is 8.75. The Kier molecular flexibility index (Phi) is 8.14. The highest BCUT2D eigenvalue weighted by Gasteiger charge is 2.51. The molecule has 3 heterocycles. The van der Waals surface area contributed by atoms with Crippen molar-refractivity contribution in [1.29, 1.82) is 0 Å². The van der Waals surface area contributed by atoms with E-state index in [1.54, 1.807) is 6.92 Å². The summed E-state index contributed by atoms with van der Waals surface area (Å²) in [5.74, 6) is 0.736. The Hall–Kier alpha value is -3.24. The number of carbonyl (C=O) groups excluding carboxylic acids is 1. The number of anilines is 2. The van der Waals surface area contributed by atoms with Crippen molar-refractivity contribution in [3.05, 3.63) is 29.5 Å². The lowest BCUT2D eigenvalue weighted by Gasteiger charge is -2.38. The van der Waals surface area contributed by atoms with Gasteiger partial charge in [0.2, 0.25) is 5.60 Å². The molecule has 2 N–H and O–H groups in total. The molecule has 0 fully saturated rings. The van der Waals surface area contributed by atoms with Crippen LogP contribution in [0.3, 0.4) is 0 Å². The van der Waals surface area contributed by atoms with E-state index in [0.29, 0.717) is 32.6 Å². The first kappa shape index (κ1) is 30.7. The van der Waals surface area contributed by atoms with Crippen LogP contribution in [-0.4, -0.2) is 61.3 Å². The van der Waals surface area contributed by atoms with Gasteiger partial charge >= 0.3 is 12.3 Å². The predicted molar refractivity (Wildman–Crippen MR) is 143 cm³/mol. The summed E-state index contributed by atoms with van der Waals surface area (Å²) in [5, 5.41) is 6.02. The van der Waals surface area contributed by atoms with E-state index < -0.39 is 39.4 Å². The lowest BCUT2D eigenvalue weighted by molar-refractivity contribution is -0.242. The fraction of sp³-hybridized carbons (Fsp3) is 0.542. The first-order chi connectivity index (χ1) is 18.9. The van der Waals surface area contributed by atoms with Gasteiger partial charge in [-0.1, -0.05) is 25.4 Å². The van der Waals surface area contributed by atoms with Gasteiger partial charge in [0, 0.05) is 23.8 Å². The van der Waals surface area contributed by atoms with E-state index in [4.69, 9.17) is 21.2 Å². The zero-order chi connectivity index (χ0) is 30.4. The van der Waals surface area contributed by atoms with Crippen molar-refractivity contribution in [1.82, 2.24) is 15.3 Å². The number of halogens is 4. The van der Waals surface area contributed by atoms with Gasteiger partial charge < -0.3 is 9.47 Å². The van der Waals surface area contributed by atoms with E-state index in [9.17, 15) is 26.4 Å². The number of nitrogens with zero attached hydrogens (tertiary/aromatic N) is 4. The molecule has 0 spiro atoms. The number of rotatable bonds is 8. The summed E-state index contributed by atoms with van der Waals surface area (Å²) in [6.07, 6.45) is -5.21. The summed E-state index contributed by atoms with van der Waals surface area (Å²) in [4.78, 5) is 21.5. The summed E-state index contributed by atoms with van der Waals surface area (Å²) in [5.41, 5.74) is -0.584. The van der Waals surface area contributed by atoms with E-state index in [1.165, 1.54) is 29.1 Å². The maximum absolute atomic E-state index is 13.9. The number of hydroxylamine groups is 1. The highest BCUT2D eigenvalue weighted by molar-refractivity contribution is 7.93. The van der Waals surface area contributed by atoms with Crippen LogP contribution < -0.4 is 19.8 Å². The Morgan fingerprint density at radius 1 is 1.27 bits per heavy atom. The SMILES string of the molecule is CCn1cc(S(=O)(=O)N2CC(CC(C)(C)C3=NCON3)Oc3ccc(NC(=O)OC(C)(C)C(F)(F)F)cc32)c(Cl)n1. The molecule has 4 rings (SSSR count). The number of carbonyl (C=O) groups is 1. The Balaban J connectivity index is 1.69. The maximum atomic E-state index is 13.9. The number of fused-ring (bicyclic) bond motifs is 1. The number of aromatic nitrogens is 2. The highest BCUT2D eigenvalue weighted by Crippen LogP contribution is 2.42. The minimum atomic E-state index is -4.81. The van der Waals surface area contributed by atoms with Crippen molar-refractivity contribution in [2.24, 2.45) is 10.4 Å². The quantitative estimate of drug-likeness (QED) is 0.432. The summed E-state index contributed by atoms with van der Waals surface area (Å²) in [6, 6.07) is 4.04. The van der Waals surface area contributed by atoms with Crippen LogP contribution in [0.1, 0.15) is 41.0 Å². The van der Waals surface area contributed by atoms with Crippen molar-refractivity contribution in [2.45, 2.75) is 70.4 Å². The molecule has 2 aromatic rings. The van der Waals surface area contributed by atoms with Crippen LogP contribution in [0, 0.1) is 5.41 Å². The van der Waals surface area contributed by atoms with Gasteiger partial charge in [-0.25, -0.2) is 18.2 Å². The lowest BCUT2D eigenvalue weighted by Crippen LogP contribution is -2.47. The molecule has 226 valence electrons. The zero-order valence-corrected chi connectivity index (χ0v) is 24.4. The van der Waals surface area contributed by atoms with Crippen molar-refractivity contribution >= 4 is 44.9 Å². The Morgan fingerprint density at radius 3 is 2.56 bits per heavy atom. The summed E-state index contributed by atoms with van der Waals surface area (Å²) in [7, 11) is -4.32. The molecule has 1 unspecified atom stereocenters. The molecule has 1 amide bonds. The van der Waals surface area contributed by atoms with Gasteiger partial charge in [0.25, 0.3) is 10.0 Å². The maximum Gasteiger partial charge on any atom is 0.427 e. The van der Waals surface area contributed by atoms with E-state index in [2.05, 4.69) is 25.6 Å². The molecule has 17 heteroatoms. The molecule has 2 aliphatic heterocycles. The Morgan fingerprint density at radius 2 is 1.98 bits per heavy atom. The normalized spacial score (nSPS) is 17.8. The van der Waals surface area contributed by atoms with Crippen molar-refractivity contribution in [3.8, 4) is 5.75 Å². The molecule has 0 saturated carbocycles. The van der Waals surface area contributed by atoms with Gasteiger partial charge in [-0.2, -0.15) is 18.3 Å². The summed E-state index contributed by atoms with van der Waals surface area (Å²) in [6.45, 7) is 7.34. The number of aryl methyl sites for hydroxylation is 1. The monoisotopic (exact) mass is 622 g/mol. The number of hydrogen-bond donors (Lipinski definition) is 2. The van der Waals surface area contributed by atoms with Gasteiger partial charge in [0.05, 0.1) is 12.2 Å². The average Bonchev–Trinajstić information content (AvgIpc) is 3.53. The number of amides is 1. The average molecular weight is 623 g/mol. The number of alkyl halides is 3. The molecule has 12 nitrogen and oxygen atoms in total. The molecule has 0 radical (unpaired) electrons. The first-order valence-electron chi connectivity index (χ1n) is 12.5. The smallest absolute Gasteiger partial charge is 0.427 e. The van der Waals surface area contributed by atoms with Gasteiger partial charge in [0.1, 0.15) is 22.6 Å².